The second-order valence-electron chi connectivity index (χ2n) is 13.1. The number of aromatic nitrogens is 4. The molecule has 0 unspecified atom stereocenters. The van der Waals surface area contributed by atoms with Crippen LogP contribution in [-0.2, 0) is 26.4 Å². The molecule has 11 nitrogen and oxygen atoms in total. The SMILES string of the molecule is COc1ccc(C(OC[C@H]2O[C@@H](n3cnc4c(NCc5ccccc5)ncnc43)[C@H](OC(=O)c3ccccc3)[C@@H]2O)(c2ccccc2)c2ccccc2)cc1. The Morgan fingerprint density at radius 1 is 0.782 bits per heavy atom. The molecule has 7 aromatic rings. The van der Waals surface area contributed by atoms with Gasteiger partial charge < -0.3 is 29.4 Å². The first-order valence-corrected chi connectivity index (χ1v) is 18.0. The van der Waals surface area contributed by atoms with Gasteiger partial charge >= 0.3 is 5.97 Å². The number of aliphatic hydroxyl groups is 1. The number of rotatable bonds is 13. The normalized spacial score (nSPS) is 18.2. The molecule has 0 amide bonds. The van der Waals surface area contributed by atoms with E-state index in [1.54, 1.807) is 42.3 Å². The van der Waals surface area contributed by atoms with Crippen molar-refractivity contribution in [1.82, 2.24) is 19.5 Å². The molecule has 0 aliphatic carbocycles. The Hall–Kier alpha value is -6.40. The molecule has 0 radical (unpaired) electrons. The second kappa shape index (κ2) is 15.9. The van der Waals surface area contributed by atoms with Crippen LogP contribution in [0.25, 0.3) is 11.2 Å². The van der Waals surface area contributed by atoms with Crippen molar-refractivity contribution >= 4 is 23.0 Å². The molecule has 8 rings (SSSR count). The minimum atomic E-state index is -1.30. The molecule has 0 saturated carbocycles. The third-order valence-electron chi connectivity index (χ3n) is 9.82. The summed E-state index contributed by atoms with van der Waals surface area (Å²) in [5.41, 5.74) is 3.80. The molecule has 1 saturated heterocycles. The number of hydrogen-bond acceptors (Lipinski definition) is 10. The number of fused-ring (bicyclic) bond motifs is 1. The molecule has 5 aromatic carbocycles. The average molecular weight is 734 g/mol. The highest BCUT2D eigenvalue weighted by molar-refractivity contribution is 5.89. The Bertz CT molecular complexity index is 2290. The van der Waals surface area contributed by atoms with Crippen LogP contribution in [0.3, 0.4) is 0 Å². The van der Waals surface area contributed by atoms with Crippen LogP contribution < -0.4 is 10.1 Å². The van der Waals surface area contributed by atoms with E-state index in [1.807, 2.05) is 121 Å². The molecule has 1 fully saturated rings. The highest BCUT2D eigenvalue weighted by Gasteiger charge is 2.49. The first kappa shape index (κ1) is 35.6. The fourth-order valence-electron chi connectivity index (χ4n) is 7.05. The summed E-state index contributed by atoms with van der Waals surface area (Å²) in [6.07, 6.45) is -1.41. The summed E-state index contributed by atoms with van der Waals surface area (Å²) in [6, 6.07) is 46.1. The molecule has 2 N–H and O–H groups in total. The molecule has 2 aromatic heterocycles. The van der Waals surface area contributed by atoms with E-state index in [9.17, 15) is 9.90 Å². The molecular formula is C44H39N5O6. The smallest absolute Gasteiger partial charge is 0.338 e. The summed E-state index contributed by atoms with van der Waals surface area (Å²) in [7, 11) is 1.63. The predicted molar refractivity (Wildman–Crippen MR) is 206 cm³/mol. The van der Waals surface area contributed by atoms with Crippen molar-refractivity contribution in [2.45, 2.75) is 36.7 Å². The number of hydrogen-bond donors (Lipinski definition) is 2. The molecule has 11 heteroatoms. The lowest BCUT2D eigenvalue weighted by Gasteiger charge is -2.37. The molecule has 3 heterocycles. The summed E-state index contributed by atoms with van der Waals surface area (Å²) in [4.78, 5) is 27.2. The first-order valence-electron chi connectivity index (χ1n) is 18.0. The molecule has 1 aliphatic rings. The Morgan fingerprint density at radius 3 is 2.02 bits per heavy atom. The van der Waals surface area contributed by atoms with E-state index in [2.05, 4.69) is 20.3 Å². The number of anilines is 1. The fraction of sp³-hybridized carbons (Fsp3) is 0.182. The zero-order valence-electron chi connectivity index (χ0n) is 30.0. The average Bonchev–Trinajstić information content (AvgIpc) is 3.82. The van der Waals surface area contributed by atoms with E-state index in [4.69, 9.17) is 18.9 Å². The lowest BCUT2D eigenvalue weighted by atomic mass is 9.80. The second-order valence-corrected chi connectivity index (χ2v) is 13.1. The Kier molecular flexibility index (Phi) is 10.3. The number of nitrogens with one attached hydrogen (secondary N) is 1. The maximum absolute atomic E-state index is 13.5. The number of methoxy groups -OCH3 is 1. The zero-order valence-corrected chi connectivity index (χ0v) is 30.0. The van der Waals surface area contributed by atoms with Gasteiger partial charge in [-0.15, -0.1) is 0 Å². The Morgan fingerprint density at radius 2 is 1.38 bits per heavy atom. The van der Waals surface area contributed by atoms with E-state index in [0.717, 1.165) is 22.3 Å². The summed E-state index contributed by atoms with van der Waals surface area (Å²) < 4.78 is 27.0. The van der Waals surface area contributed by atoms with Crippen molar-refractivity contribution in [1.29, 1.82) is 0 Å². The third kappa shape index (κ3) is 7.16. The van der Waals surface area contributed by atoms with Crippen LogP contribution in [0, 0.1) is 0 Å². The van der Waals surface area contributed by atoms with Crippen LogP contribution in [0.2, 0.25) is 0 Å². The van der Waals surface area contributed by atoms with Gasteiger partial charge in [0.25, 0.3) is 0 Å². The zero-order chi connectivity index (χ0) is 37.6. The summed E-state index contributed by atoms with van der Waals surface area (Å²) >= 11 is 0. The largest absolute Gasteiger partial charge is 0.497 e. The number of carbonyl (C=O) groups excluding carboxylic acids is 1. The lowest BCUT2D eigenvalue weighted by molar-refractivity contribution is -0.0945. The minimum absolute atomic E-state index is 0.0850. The number of imidazole rings is 1. The maximum Gasteiger partial charge on any atom is 0.338 e. The number of nitrogens with zero attached hydrogens (tertiary/aromatic N) is 4. The van der Waals surface area contributed by atoms with Gasteiger partial charge in [0.1, 0.15) is 29.9 Å². The number of aliphatic hydroxyl groups excluding tert-OH is 1. The monoisotopic (exact) mass is 733 g/mol. The van der Waals surface area contributed by atoms with Gasteiger partial charge in [-0.2, -0.15) is 0 Å². The predicted octanol–water partition coefficient (Wildman–Crippen LogP) is 6.94. The van der Waals surface area contributed by atoms with Gasteiger partial charge in [-0.3, -0.25) is 4.57 Å². The van der Waals surface area contributed by atoms with Crippen molar-refractivity contribution in [3.63, 3.8) is 0 Å². The van der Waals surface area contributed by atoms with Crippen molar-refractivity contribution in [3.05, 3.63) is 186 Å². The number of carbonyl (C=O) groups is 1. The van der Waals surface area contributed by atoms with Crippen LogP contribution in [0.5, 0.6) is 5.75 Å². The maximum atomic E-state index is 13.5. The van der Waals surface area contributed by atoms with Crippen molar-refractivity contribution in [2.75, 3.05) is 19.0 Å². The van der Waals surface area contributed by atoms with Crippen molar-refractivity contribution in [3.8, 4) is 5.75 Å². The van der Waals surface area contributed by atoms with Crippen LogP contribution in [0.4, 0.5) is 5.82 Å². The van der Waals surface area contributed by atoms with E-state index < -0.39 is 36.1 Å². The van der Waals surface area contributed by atoms with E-state index in [1.165, 1.54) is 6.33 Å². The highest BCUT2D eigenvalue weighted by atomic mass is 16.6. The van der Waals surface area contributed by atoms with Gasteiger partial charge in [-0.25, -0.2) is 19.7 Å². The summed E-state index contributed by atoms with van der Waals surface area (Å²) in [5, 5.41) is 15.4. The lowest BCUT2D eigenvalue weighted by Crippen LogP contribution is -2.40. The molecule has 55 heavy (non-hydrogen) atoms. The highest BCUT2D eigenvalue weighted by Crippen LogP contribution is 2.43. The van der Waals surface area contributed by atoms with Crippen LogP contribution in [0.1, 0.15) is 38.8 Å². The quantitative estimate of drug-likeness (QED) is 0.0950. The van der Waals surface area contributed by atoms with Gasteiger partial charge in [0.05, 0.1) is 25.6 Å². The third-order valence-corrected chi connectivity index (χ3v) is 9.82. The van der Waals surface area contributed by atoms with E-state index in [-0.39, 0.29) is 6.61 Å². The molecule has 0 bridgehead atoms. The molecule has 276 valence electrons. The fourth-order valence-corrected chi connectivity index (χ4v) is 7.05. The molecular weight excluding hydrogens is 695 g/mol. The minimum Gasteiger partial charge on any atom is -0.497 e. The number of esters is 1. The molecule has 4 atom stereocenters. The molecule has 1 aliphatic heterocycles. The number of ether oxygens (including phenoxy) is 4. The van der Waals surface area contributed by atoms with E-state index >= 15 is 0 Å². The topological polar surface area (TPSA) is 130 Å². The molecule has 0 spiro atoms. The number of benzene rings is 5. The van der Waals surface area contributed by atoms with E-state index in [0.29, 0.717) is 34.8 Å². The van der Waals surface area contributed by atoms with Crippen LogP contribution >= 0.6 is 0 Å². The van der Waals surface area contributed by atoms with Gasteiger partial charge in [0.2, 0.25) is 0 Å². The standard InChI is InChI=1S/C44H39N5O6/c1-52-35-24-22-34(23-25-35)44(32-18-10-4-11-19-32,33-20-12-5-13-21-33)53-27-36-38(50)39(55-43(51)31-16-8-3-9-17-31)42(54-36)49-29-48-37-40(46-28-47-41(37)49)45-26-30-14-6-2-7-15-30/h2-25,28-29,36,38-39,42,50H,26-27H2,1H3,(H,45,46,47)/t36-,38-,39-,42-/m1/s1. The van der Waals surface area contributed by atoms with Crippen LogP contribution in [0.15, 0.2) is 158 Å². The summed E-state index contributed by atoms with van der Waals surface area (Å²) in [6.45, 7) is 0.437. The van der Waals surface area contributed by atoms with Crippen molar-refractivity contribution < 1.29 is 28.8 Å². The Balaban J connectivity index is 1.15. The van der Waals surface area contributed by atoms with Gasteiger partial charge in [-0.05, 0) is 46.5 Å². The van der Waals surface area contributed by atoms with Gasteiger partial charge in [-0.1, -0.05) is 121 Å². The van der Waals surface area contributed by atoms with Crippen molar-refractivity contribution in [2.24, 2.45) is 0 Å². The Labute approximate surface area is 318 Å². The van der Waals surface area contributed by atoms with Crippen LogP contribution in [-0.4, -0.2) is 62.6 Å². The first-order chi connectivity index (χ1) is 27.0. The summed E-state index contributed by atoms with van der Waals surface area (Å²) in [5.74, 6) is 0.623. The van der Waals surface area contributed by atoms with Gasteiger partial charge in [0, 0.05) is 6.54 Å². The van der Waals surface area contributed by atoms with Gasteiger partial charge in [0.15, 0.2) is 29.3 Å².